The molecule has 0 radical (unpaired) electrons. The van der Waals surface area contributed by atoms with E-state index in [1.54, 1.807) is 0 Å². The van der Waals surface area contributed by atoms with Crippen molar-refractivity contribution in [3.8, 4) is 0 Å². The molecule has 4 nitrogen and oxygen atoms in total. The van der Waals surface area contributed by atoms with E-state index in [9.17, 15) is 10.2 Å². The highest BCUT2D eigenvalue weighted by molar-refractivity contribution is 5.59. The van der Waals surface area contributed by atoms with Crippen LogP contribution in [0.1, 0.15) is 22.7 Å². The first-order chi connectivity index (χ1) is 10.8. The quantitative estimate of drug-likeness (QED) is 0.891. The van der Waals surface area contributed by atoms with E-state index in [1.165, 1.54) is 16.7 Å². The van der Waals surface area contributed by atoms with Gasteiger partial charge in [-0.1, -0.05) is 42.5 Å². The van der Waals surface area contributed by atoms with Gasteiger partial charge in [0.1, 0.15) is 6.10 Å². The summed E-state index contributed by atoms with van der Waals surface area (Å²) in [5.74, 6) is -0.141. The van der Waals surface area contributed by atoms with Gasteiger partial charge in [-0.05, 0) is 29.2 Å². The minimum atomic E-state index is -0.380. The lowest BCUT2D eigenvalue weighted by atomic mass is 9.87. The highest BCUT2D eigenvalue weighted by Crippen LogP contribution is 2.46. The van der Waals surface area contributed by atoms with Crippen molar-refractivity contribution in [2.45, 2.75) is 18.6 Å². The molecule has 4 rings (SSSR count). The first kappa shape index (κ1) is 13.8. The number of nitrogens with zero attached hydrogens (tertiary/aromatic N) is 1. The van der Waals surface area contributed by atoms with Gasteiger partial charge in [0.25, 0.3) is 0 Å². The lowest BCUT2D eigenvalue weighted by Crippen LogP contribution is -2.27. The molecule has 2 aromatic carbocycles. The molecule has 2 N–H and O–H groups in total. The zero-order chi connectivity index (χ0) is 15.1. The minimum Gasteiger partial charge on any atom is -0.396 e. The topological polar surface area (TPSA) is 52.9 Å². The van der Waals surface area contributed by atoms with Crippen molar-refractivity contribution >= 4 is 5.69 Å². The fourth-order valence-corrected chi connectivity index (χ4v) is 3.68. The zero-order valence-corrected chi connectivity index (χ0v) is 12.2. The first-order valence-electron chi connectivity index (χ1n) is 7.67. The molecule has 0 aromatic heterocycles. The number of hydrogen-bond donors (Lipinski definition) is 2. The maximum absolute atomic E-state index is 9.85. The summed E-state index contributed by atoms with van der Waals surface area (Å²) < 4.78 is 0. The lowest BCUT2D eigenvalue weighted by Gasteiger charge is -2.26. The number of rotatable bonds is 2. The molecule has 2 aromatic rings. The number of aliphatic hydroxyl groups is 2. The molecule has 0 bridgehead atoms. The molecule has 2 heterocycles. The van der Waals surface area contributed by atoms with Crippen LogP contribution in [0, 0.1) is 5.92 Å². The summed E-state index contributed by atoms with van der Waals surface area (Å²) >= 11 is 0. The third kappa shape index (κ3) is 1.96. The van der Waals surface area contributed by atoms with Crippen LogP contribution >= 0.6 is 0 Å². The van der Waals surface area contributed by atoms with E-state index in [0.717, 1.165) is 12.1 Å². The van der Waals surface area contributed by atoms with Crippen molar-refractivity contribution in [1.29, 1.82) is 0 Å². The smallest absolute Gasteiger partial charge is 0.116 e. The van der Waals surface area contributed by atoms with E-state index in [-0.39, 0.29) is 31.3 Å². The maximum atomic E-state index is 9.85. The van der Waals surface area contributed by atoms with E-state index in [2.05, 4.69) is 18.2 Å². The van der Waals surface area contributed by atoms with Gasteiger partial charge in [0.2, 0.25) is 0 Å². The predicted molar refractivity (Wildman–Crippen MR) is 83.4 cm³/mol. The second kappa shape index (κ2) is 5.39. The molecule has 22 heavy (non-hydrogen) atoms. The molecular weight excluding hydrogens is 278 g/mol. The predicted octanol–water partition coefficient (Wildman–Crippen LogP) is 2.05. The monoisotopic (exact) mass is 297 g/mol. The van der Waals surface area contributed by atoms with Gasteiger partial charge in [0, 0.05) is 5.92 Å². The molecule has 2 aliphatic rings. The highest BCUT2D eigenvalue weighted by Gasteiger charge is 2.46. The van der Waals surface area contributed by atoms with Crippen molar-refractivity contribution < 1.29 is 15.1 Å². The van der Waals surface area contributed by atoms with Gasteiger partial charge in [-0.2, -0.15) is 0 Å². The van der Waals surface area contributed by atoms with Crippen molar-refractivity contribution in [2.75, 3.05) is 18.3 Å². The molecule has 0 saturated carbocycles. The van der Waals surface area contributed by atoms with Crippen molar-refractivity contribution in [1.82, 2.24) is 0 Å². The Labute approximate surface area is 129 Å². The Balaban J connectivity index is 1.92. The van der Waals surface area contributed by atoms with Gasteiger partial charge in [-0.15, -0.1) is 0 Å². The summed E-state index contributed by atoms with van der Waals surface area (Å²) in [5, 5.41) is 21.4. The molecule has 3 atom stereocenters. The number of fused-ring (bicyclic) bond motifs is 5. The molecular formula is C18H19NO3. The lowest BCUT2D eigenvalue weighted by molar-refractivity contribution is 0.0150. The molecule has 0 amide bonds. The van der Waals surface area contributed by atoms with E-state index >= 15 is 0 Å². The van der Waals surface area contributed by atoms with Crippen molar-refractivity contribution in [2.24, 2.45) is 5.92 Å². The minimum absolute atomic E-state index is 0.0110. The van der Waals surface area contributed by atoms with Crippen molar-refractivity contribution in [3.05, 3.63) is 65.2 Å². The summed E-state index contributed by atoms with van der Waals surface area (Å²) in [7, 11) is 0. The van der Waals surface area contributed by atoms with Gasteiger partial charge in [-0.3, -0.25) is 4.84 Å². The Morgan fingerprint density at radius 1 is 0.955 bits per heavy atom. The normalized spacial score (nSPS) is 26.1. The van der Waals surface area contributed by atoms with E-state index < -0.39 is 0 Å². The highest BCUT2D eigenvalue weighted by atomic mass is 16.7. The third-order valence-electron chi connectivity index (χ3n) is 4.76. The second-order valence-electron chi connectivity index (χ2n) is 5.95. The number of aliphatic hydroxyl groups excluding tert-OH is 2. The molecule has 1 saturated heterocycles. The molecule has 0 aliphatic carbocycles. The Morgan fingerprint density at radius 3 is 2.45 bits per heavy atom. The van der Waals surface area contributed by atoms with Crippen LogP contribution in [0.2, 0.25) is 0 Å². The average Bonchev–Trinajstić information content (AvgIpc) is 2.87. The first-order valence-corrected chi connectivity index (χ1v) is 7.67. The Kier molecular flexibility index (Phi) is 3.37. The van der Waals surface area contributed by atoms with Crippen LogP contribution in [-0.4, -0.2) is 29.5 Å². The SMILES string of the molecule is OC[C@@H]1[C@H](CO)ON2c3ccccc3Cc3ccccc3[C@H]12. The average molecular weight is 297 g/mol. The molecule has 1 fully saturated rings. The summed E-state index contributed by atoms with van der Waals surface area (Å²) in [6.07, 6.45) is 0.471. The van der Waals surface area contributed by atoms with Crippen molar-refractivity contribution in [3.63, 3.8) is 0 Å². The zero-order valence-electron chi connectivity index (χ0n) is 12.2. The Hall–Kier alpha value is -1.88. The van der Waals surface area contributed by atoms with Crippen LogP contribution in [0.15, 0.2) is 48.5 Å². The van der Waals surface area contributed by atoms with Gasteiger partial charge in [-0.25, -0.2) is 5.06 Å². The van der Waals surface area contributed by atoms with E-state index in [4.69, 9.17) is 4.84 Å². The van der Waals surface area contributed by atoms with E-state index in [1.807, 2.05) is 35.4 Å². The fourth-order valence-electron chi connectivity index (χ4n) is 3.68. The van der Waals surface area contributed by atoms with Gasteiger partial charge in [0.05, 0.1) is 24.9 Å². The number of hydroxylamine groups is 1. The summed E-state index contributed by atoms with van der Waals surface area (Å²) in [6.45, 7) is -0.106. The van der Waals surface area contributed by atoms with Crippen LogP contribution in [0.25, 0.3) is 0 Å². The molecule has 0 unspecified atom stereocenters. The van der Waals surface area contributed by atoms with Gasteiger partial charge in [0.15, 0.2) is 0 Å². The summed E-state index contributed by atoms with van der Waals surface area (Å²) in [6, 6.07) is 16.4. The molecule has 114 valence electrons. The van der Waals surface area contributed by atoms with Crippen LogP contribution in [0.3, 0.4) is 0 Å². The van der Waals surface area contributed by atoms with Crippen LogP contribution in [-0.2, 0) is 11.3 Å². The van der Waals surface area contributed by atoms with Crippen LogP contribution < -0.4 is 5.06 Å². The summed E-state index contributed by atoms with van der Waals surface area (Å²) in [4.78, 5) is 6.00. The van der Waals surface area contributed by atoms with Gasteiger partial charge >= 0.3 is 0 Å². The summed E-state index contributed by atoms with van der Waals surface area (Å²) in [5.41, 5.74) is 4.66. The number of hydrogen-bond acceptors (Lipinski definition) is 4. The van der Waals surface area contributed by atoms with Gasteiger partial charge < -0.3 is 10.2 Å². The molecule has 2 aliphatic heterocycles. The second-order valence-corrected chi connectivity index (χ2v) is 5.95. The largest absolute Gasteiger partial charge is 0.396 e. The Bertz CT molecular complexity index is 688. The number of para-hydroxylation sites is 1. The fraction of sp³-hybridized carbons (Fsp3) is 0.333. The number of benzene rings is 2. The van der Waals surface area contributed by atoms with E-state index in [0.29, 0.717) is 0 Å². The third-order valence-corrected chi connectivity index (χ3v) is 4.76. The molecule has 0 spiro atoms. The molecule has 4 heteroatoms. The number of anilines is 1. The van der Waals surface area contributed by atoms with Crippen LogP contribution in [0.4, 0.5) is 5.69 Å². The Morgan fingerprint density at radius 2 is 1.68 bits per heavy atom. The maximum Gasteiger partial charge on any atom is 0.116 e. The van der Waals surface area contributed by atoms with Crippen LogP contribution in [0.5, 0.6) is 0 Å². The standard InChI is InChI=1S/C18H19NO3/c20-10-15-17(11-21)22-19-16-8-4-2-6-13(16)9-12-5-1-3-7-14(12)18(15)19/h1-8,15,17-18,20-21H,9-11H2/t15-,17+,18-/m1/s1.